The van der Waals surface area contributed by atoms with Crippen molar-refractivity contribution in [2.75, 3.05) is 6.61 Å². The molecule has 5 heteroatoms. The lowest BCUT2D eigenvalue weighted by atomic mass is 10.1. The Hall–Kier alpha value is -3.11. The van der Waals surface area contributed by atoms with Crippen LogP contribution in [0.5, 0.6) is 5.75 Å². The van der Waals surface area contributed by atoms with Crippen LogP contribution in [-0.2, 0) is 0 Å². The number of benzene rings is 3. The highest BCUT2D eigenvalue weighted by molar-refractivity contribution is 6.30. The SMILES string of the molecule is CCCOc1ccc(-n2c(-c3ccc(Cl)cc3)nc3ccccc3c2=O)cc1. The second-order valence-electron chi connectivity index (χ2n) is 6.44. The van der Waals surface area contributed by atoms with E-state index in [0.717, 1.165) is 23.4 Å². The third-order valence-corrected chi connectivity index (χ3v) is 4.70. The molecule has 0 spiro atoms. The number of fused-ring (bicyclic) bond motifs is 1. The maximum atomic E-state index is 13.3. The lowest BCUT2D eigenvalue weighted by Gasteiger charge is -2.14. The van der Waals surface area contributed by atoms with E-state index in [9.17, 15) is 4.79 Å². The normalized spacial score (nSPS) is 10.9. The van der Waals surface area contributed by atoms with Gasteiger partial charge in [0.15, 0.2) is 0 Å². The summed E-state index contributed by atoms with van der Waals surface area (Å²) in [7, 11) is 0. The van der Waals surface area contributed by atoms with Crippen LogP contribution in [0.2, 0.25) is 5.02 Å². The minimum absolute atomic E-state index is 0.113. The van der Waals surface area contributed by atoms with Gasteiger partial charge >= 0.3 is 0 Å². The van der Waals surface area contributed by atoms with Crippen LogP contribution in [0.3, 0.4) is 0 Å². The van der Waals surface area contributed by atoms with Gasteiger partial charge in [-0.3, -0.25) is 9.36 Å². The number of nitrogens with zero attached hydrogens (tertiary/aromatic N) is 2. The first kappa shape index (κ1) is 18.3. The predicted octanol–water partition coefficient (Wildman–Crippen LogP) is 5.49. The van der Waals surface area contributed by atoms with E-state index in [1.165, 1.54) is 0 Å². The summed E-state index contributed by atoms with van der Waals surface area (Å²) in [6.07, 6.45) is 0.941. The molecule has 0 aliphatic rings. The van der Waals surface area contributed by atoms with E-state index in [-0.39, 0.29) is 5.56 Å². The van der Waals surface area contributed by atoms with E-state index < -0.39 is 0 Å². The van der Waals surface area contributed by atoms with Gasteiger partial charge < -0.3 is 4.74 Å². The van der Waals surface area contributed by atoms with Crippen LogP contribution in [0.15, 0.2) is 77.6 Å². The van der Waals surface area contributed by atoms with Gasteiger partial charge in [0.25, 0.3) is 5.56 Å². The number of rotatable bonds is 5. The summed E-state index contributed by atoms with van der Waals surface area (Å²) in [5.41, 5.74) is 2.10. The Morgan fingerprint density at radius 3 is 2.39 bits per heavy atom. The number of hydrogen-bond acceptors (Lipinski definition) is 3. The highest BCUT2D eigenvalue weighted by Crippen LogP contribution is 2.24. The molecule has 3 aromatic carbocycles. The first-order valence-electron chi connectivity index (χ1n) is 9.18. The molecule has 0 N–H and O–H groups in total. The van der Waals surface area contributed by atoms with Crippen molar-refractivity contribution in [3.05, 3.63) is 88.2 Å². The lowest BCUT2D eigenvalue weighted by Crippen LogP contribution is -2.21. The zero-order chi connectivity index (χ0) is 19.5. The van der Waals surface area contributed by atoms with Gasteiger partial charge in [-0.25, -0.2) is 4.98 Å². The van der Waals surface area contributed by atoms with Crippen molar-refractivity contribution in [3.8, 4) is 22.8 Å². The minimum atomic E-state index is -0.113. The molecule has 0 atom stereocenters. The van der Waals surface area contributed by atoms with Crippen LogP contribution in [0.1, 0.15) is 13.3 Å². The van der Waals surface area contributed by atoms with Gasteiger partial charge in [-0.05, 0) is 67.1 Å². The summed E-state index contributed by atoms with van der Waals surface area (Å²) in [6.45, 7) is 2.72. The zero-order valence-corrected chi connectivity index (χ0v) is 16.2. The second-order valence-corrected chi connectivity index (χ2v) is 6.88. The van der Waals surface area contributed by atoms with E-state index in [4.69, 9.17) is 21.3 Å². The van der Waals surface area contributed by atoms with Gasteiger partial charge in [0.2, 0.25) is 0 Å². The van der Waals surface area contributed by atoms with Crippen LogP contribution in [0, 0.1) is 0 Å². The van der Waals surface area contributed by atoms with Gasteiger partial charge in [0.05, 0.1) is 23.2 Å². The quantitative estimate of drug-likeness (QED) is 0.452. The zero-order valence-electron chi connectivity index (χ0n) is 15.4. The van der Waals surface area contributed by atoms with Crippen LogP contribution >= 0.6 is 11.6 Å². The smallest absolute Gasteiger partial charge is 0.266 e. The molecule has 4 nitrogen and oxygen atoms in total. The summed E-state index contributed by atoms with van der Waals surface area (Å²) < 4.78 is 7.29. The van der Waals surface area contributed by atoms with E-state index in [1.807, 2.05) is 54.6 Å². The number of ether oxygens (including phenoxy) is 1. The monoisotopic (exact) mass is 390 g/mol. The van der Waals surface area contributed by atoms with Gasteiger partial charge in [-0.15, -0.1) is 0 Å². The maximum Gasteiger partial charge on any atom is 0.266 e. The van der Waals surface area contributed by atoms with Crippen LogP contribution < -0.4 is 10.3 Å². The number of aromatic nitrogens is 2. The summed E-state index contributed by atoms with van der Waals surface area (Å²) in [4.78, 5) is 18.1. The first-order chi connectivity index (χ1) is 13.7. The molecule has 4 rings (SSSR count). The molecule has 0 radical (unpaired) electrons. The number of hydrogen-bond donors (Lipinski definition) is 0. The third kappa shape index (κ3) is 3.51. The van der Waals surface area contributed by atoms with E-state index in [2.05, 4.69) is 6.92 Å². The van der Waals surface area contributed by atoms with Crippen molar-refractivity contribution in [2.24, 2.45) is 0 Å². The molecule has 0 fully saturated rings. The van der Waals surface area contributed by atoms with E-state index in [1.54, 1.807) is 22.8 Å². The average molecular weight is 391 g/mol. The Labute approximate surface area is 168 Å². The summed E-state index contributed by atoms with van der Waals surface area (Å²) in [6, 6.07) is 22.2. The first-order valence-corrected chi connectivity index (χ1v) is 9.56. The van der Waals surface area contributed by atoms with Crippen LogP contribution in [-0.4, -0.2) is 16.2 Å². The third-order valence-electron chi connectivity index (χ3n) is 4.45. The molecule has 4 aromatic rings. The molecule has 0 saturated heterocycles. The second kappa shape index (κ2) is 7.87. The van der Waals surface area contributed by atoms with E-state index in [0.29, 0.717) is 28.4 Å². The largest absolute Gasteiger partial charge is 0.494 e. The fourth-order valence-electron chi connectivity index (χ4n) is 3.08. The molecule has 0 aliphatic carbocycles. The van der Waals surface area contributed by atoms with Crippen molar-refractivity contribution in [3.63, 3.8) is 0 Å². The van der Waals surface area contributed by atoms with Crippen molar-refractivity contribution >= 4 is 22.5 Å². The Balaban J connectivity index is 1.92. The summed E-state index contributed by atoms with van der Waals surface area (Å²) in [5.74, 6) is 1.35. The van der Waals surface area contributed by atoms with Crippen molar-refractivity contribution in [1.82, 2.24) is 9.55 Å². The number of para-hydroxylation sites is 1. The highest BCUT2D eigenvalue weighted by Gasteiger charge is 2.14. The standard InChI is InChI=1S/C23H19ClN2O2/c1-2-15-28-19-13-11-18(12-14-19)26-22(16-7-9-17(24)10-8-16)25-21-6-4-3-5-20(21)23(26)27/h3-14H,2,15H2,1H3. The van der Waals surface area contributed by atoms with Gasteiger partial charge in [0, 0.05) is 10.6 Å². The molecule has 28 heavy (non-hydrogen) atoms. The Bertz CT molecular complexity index is 1170. The minimum Gasteiger partial charge on any atom is -0.494 e. The number of halogens is 1. The average Bonchev–Trinajstić information content (AvgIpc) is 2.73. The molecule has 1 aromatic heterocycles. The molecule has 0 aliphatic heterocycles. The van der Waals surface area contributed by atoms with Gasteiger partial charge in [0.1, 0.15) is 11.6 Å². The fourth-order valence-corrected chi connectivity index (χ4v) is 3.20. The molecule has 0 saturated carbocycles. The molecule has 0 unspecified atom stereocenters. The molecule has 140 valence electrons. The van der Waals surface area contributed by atoms with Crippen molar-refractivity contribution in [1.29, 1.82) is 0 Å². The van der Waals surface area contributed by atoms with Crippen molar-refractivity contribution in [2.45, 2.75) is 13.3 Å². The molecular weight excluding hydrogens is 372 g/mol. The van der Waals surface area contributed by atoms with E-state index >= 15 is 0 Å². The van der Waals surface area contributed by atoms with Gasteiger partial charge in [-0.1, -0.05) is 30.7 Å². The maximum absolute atomic E-state index is 13.3. The van der Waals surface area contributed by atoms with Crippen LogP contribution in [0.25, 0.3) is 28.0 Å². The fraction of sp³-hybridized carbons (Fsp3) is 0.130. The Morgan fingerprint density at radius 1 is 0.964 bits per heavy atom. The van der Waals surface area contributed by atoms with Crippen molar-refractivity contribution < 1.29 is 4.74 Å². The molecule has 1 heterocycles. The topological polar surface area (TPSA) is 44.1 Å². The molecule has 0 bridgehead atoms. The molecule has 0 amide bonds. The highest BCUT2D eigenvalue weighted by atomic mass is 35.5. The van der Waals surface area contributed by atoms with Gasteiger partial charge in [-0.2, -0.15) is 0 Å². The summed E-state index contributed by atoms with van der Waals surface area (Å²) >= 11 is 6.04. The lowest BCUT2D eigenvalue weighted by molar-refractivity contribution is 0.317. The Kier molecular flexibility index (Phi) is 5.13. The predicted molar refractivity (Wildman–Crippen MR) is 114 cm³/mol. The summed E-state index contributed by atoms with van der Waals surface area (Å²) in [5, 5.41) is 1.21. The van der Waals surface area contributed by atoms with Crippen LogP contribution in [0.4, 0.5) is 0 Å². The molecular formula is C23H19ClN2O2. The Morgan fingerprint density at radius 2 is 1.68 bits per heavy atom.